The van der Waals surface area contributed by atoms with Crippen molar-refractivity contribution in [1.29, 1.82) is 0 Å². The number of aliphatic hydroxyl groups excluding tert-OH is 1. The molecule has 0 radical (unpaired) electrons. The van der Waals surface area contributed by atoms with E-state index in [1.807, 2.05) is 61.2 Å². The molecule has 0 saturated heterocycles. The molecular formula is C33H50N4O4. The second-order valence-corrected chi connectivity index (χ2v) is 11.4. The number of carbonyl (C=O) groups excluding carboxylic acids is 3. The van der Waals surface area contributed by atoms with E-state index in [1.165, 1.54) is 0 Å². The zero-order chi connectivity index (χ0) is 30.2. The van der Waals surface area contributed by atoms with Crippen molar-refractivity contribution in [2.45, 2.75) is 84.8 Å². The molecule has 2 atom stereocenters. The van der Waals surface area contributed by atoms with Gasteiger partial charge in [-0.05, 0) is 60.4 Å². The van der Waals surface area contributed by atoms with Gasteiger partial charge in [0.25, 0.3) is 0 Å². The van der Waals surface area contributed by atoms with Crippen LogP contribution in [0.3, 0.4) is 0 Å². The fourth-order valence-electron chi connectivity index (χ4n) is 4.91. The average molecular weight is 567 g/mol. The number of nitrogens with two attached hydrogens (primary N) is 1. The summed E-state index contributed by atoms with van der Waals surface area (Å²) in [5.74, 6) is -0.125. The molecule has 0 fully saturated rings. The summed E-state index contributed by atoms with van der Waals surface area (Å²) in [6, 6.07) is 14.8. The molecule has 0 aliphatic rings. The molecule has 0 bridgehead atoms. The van der Waals surface area contributed by atoms with Gasteiger partial charge in [-0.25, -0.2) is 0 Å². The second-order valence-electron chi connectivity index (χ2n) is 11.4. The first kappa shape index (κ1) is 34.0. The number of carbonyl (C=O) groups is 3. The summed E-state index contributed by atoms with van der Waals surface area (Å²) in [4.78, 5) is 39.8. The number of amides is 3. The fraction of sp³-hybridized carbons (Fsp3) is 0.545. The highest BCUT2D eigenvalue weighted by Crippen LogP contribution is 2.15. The molecular weight excluding hydrogens is 516 g/mol. The smallest absolute Gasteiger partial charge is 0.226 e. The van der Waals surface area contributed by atoms with E-state index >= 15 is 0 Å². The van der Waals surface area contributed by atoms with E-state index in [2.05, 4.69) is 24.5 Å². The zero-order valence-corrected chi connectivity index (χ0v) is 25.3. The van der Waals surface area contributed by atoms with Crippen LogP contribution in [0.25, 0.3) is 0 Å². The van der Waals surface area contributed by atoms with Crippen molar-refractivity contribution in [2.24, 2.45) is 11.7 Å². The minimum Gasteiger partial charge on any atom is -0.390 e. The molecule has 2 aromatic carbocycles. The van der Waals surface area contributed by atoms with Crippen LogP contribution in [-0.4, -0.2) is 66.1 Å². The maximum Gasteiger partial charge on any atom is 0.226 e. The monoisotopic (exact) mass is 566 g/mol. The molecule has 2 rings (SSSR count). The van der Waals surface area contributed by atoms with E-state index in [0.29, 0.717) is 43.1 Å². The predicted molar refractivity (Wildman–Crippen MR) is 164 cm³/mol. The normalized spacial score (nSPS) is 12.6. The van der Waals surface area contributed by atoms with Crippen molar-refractivity contribution in [1.82, 2.24) is 15.5 Å². The summed E-state index contributed by atoms with van der Waals surface area (Å²) >= 11 is 0. The molecule has 226 valence electrons. The quantitative estimate of drug-likeness (QED) is 0.195. The maximum absolute atomic E-state index is 13.3. The Morgan fingerprint density at radius 2 is 1.46 bits per heavy atom. The van der Waals surface area contributed by atoms with Crippen LogP contribution in [0.4, 0.5) is 0 Å². The van der Waals surface area contributed by atoms with Gasteiger partial charge in [-0.15, -0.1) is 0 Å². The Balaban J connectivity index is 2.18. The van der Waals surface area contributed by atoms with E-state index in [9.17, 15) is 19.5 Å². The minimum atomic E-state index is -0.774. The number of primary amides is 1. The van der Waals surface area contributed by atoms with Crippen molar-refractivity contribution in [2.75, 3.05) is 26.2 Å². The maximum atomic E-state index is 13.3. The van der Waals surface area contributed by atoms with Crippen LogP contribution in [0.15, 0.2) is 48.5 Å². The van der Waals surface area contributed by atoms with Gasteiger partial charge in [0.15, 0.2) is 0 Å². The zero-order valence-electron chi connectivity index (χ0n) is 25.3. The summed E-state index contributed by atoms with van der Waals surface area (Å²) in [5.41, 5.74) is 8.62. The van der Waals surface area contributed by atoms with Crippen molar-refractivity contribution < 1.29 is 19.5 Å². The Hall–Kier alpha value is -3.23. The molecule has 2 aromatic rings. The van der Waals surface area contributed by atoms with Gasteiger partial charge in [0.2, 0.25) is 17.7 Å². The Kier molecular flexibility index (Phi) is 15.1. The van der Waals surface area contributed by atoms with Crippen LogP contribution >= 0.6 is 0 Å². The van der Waals surface area contributed by atoms with Crippen LogP contribution in [0.5, 0.6) is 0 Å². The molecule has 3 amide bonds. The molecule has 0 aliphatic heterocycles. The third kappa shape index (κ3) is 13.3. The van der Waals surface area contributed by atoms with Crippen molar-refractivity contribution in [3.8, 4) is 0 Å². The number of nitrogens with one attached hydrogen (secondary N) is 2. The molecule has 0 heterocycles. The largest absolute Gasteiger partial charge is 0.390 e. The number of benzene rings is 2. The first-order valence-corrected chi connectivity index (χ1v) is 15.0. The molecule has 0 unspecified atom stereocenters. The Morgan fingerprint density at radius 3 is 2.02 bits per heavy atom. The summed E-state index contributed by atoms with van der Waals surface area (Å²) in [5, 5.41) is 17.3. The van der Waals surface area contributed by atoms with E-state index in [4.69, 9.17) is 5.73 Å². The highest BCUT2D eigenvalue weighted by molar-refractivity contribution is 5.81. The lowest BCUT2D eigenvalue weighted by Gasteiger charge is -2.25. The van der Waals surface area contributed by atoms with Crippen LogP contribution in [-0.2, 0) is 40.1 Å². The third-order valence-corrected chi connectivity index (χ3v) is 6.91. The molecule has 0 spiro atoms. The van der Waals surface area contributed by atoms with Crippen LogP contribution in [0.2, 0.25) is 0 Å². The van der Waals surface area contributed by atoms with Gasteiger partial charge in [0.05, 0.1) is 31.4 Å². The van der Waals surface area contributed by atoms with Crippen molar-refractivity contribution in [3.05, 3.63) is 70.8 Å². The van der Waals surface area contributed by atoms with Crippen LogP contribution in [0, 0.1) is 5.92 Å². The topological polar surface area (TPSA) is 125 Å². The predicted octanol–water partition coefficient (Wildman–Crippen LogP) is 3.17. The summed E-state index contributed by atoms with van der Waals surface area (Å²) in [6.07, 6.45) is 2.75. The molecule has 5 N–H and O–H groups in total. The number of rotatable bonds is 19. The molecule has 41 heavy (non-hydrogen) atoms. The van der Waals surface area contributed by atoms with E-state index in [-0.39, 0.29) is 31.1 Å². The highest BCUT2D eigenvalue weighted by Gasteiger charge is 2.22. The Morgan fingerprint density at radius 1 is 0.878 bits per heavy atom. The Bertz CT molecular complexity index is 1080. The summed E-state index contributed by atoms with van der Waals surface area (Å²) in [6.45, 7) is 11.0. The lowest BCUT2D eigenvalue weighted by Crippen LogP contribution is -2.49. The Labute approximate surface area is 246 Å². The molecule has 8 nitrogen and oxygen atoms in total. The molecule has 0 aliphatic carbocycles. The average Bonchev–Trinajstić information content (AvgIpc) is 2.90. The van der Waals surface area contributed by atoms with Crippen LogP contribution in [0.1, 0.15) is 69.2 Å². The van der Waals surface area contributed by atoms with Crippen molar-refractivity contribution >= 4 is 17.7 Å². The molecule has 0 saturated carbocycles. The SMILES string of the molecule is CCCN(CCC)C(=O)Cc1cc(CC(N)=O)cc(CC(=O)N[C@@H](Cc2ccccc2)[C@H](O)CNCCC(C)C)c1. The van der Waals surface area contributed by atoms with E-state index in [0.717, 1.165) is 36.9 Å². The lowest BCUT2D eigenvalue weighted by atomic mass is 9.98. The fourth-order valence-corrected chi connectivity index (χ4v) is 4.91. The van der Waals surface area contributed by atoms with Gasteiger partial charge in [-0.2, -0.15) is 0 Å². The third-order valence-electron chi connectivity index (χ3n) is 6.91. The van der Waals surface area contributed by atoms with Gasteiger partial charge in [-0.3, -0.25) is 14.4 Å². The molecule has 0 aromatic heterocycles. The first-order valence-electron chi connectivity index (χ1n) is 15.0. The number of aliphatic hydroxyl groups is 1. The van der Waals surface area contributed by atoms with E-state index in [1.54, 1.807) is 6.07 Å². The number of nitrogens with zero attached hydrogens (tertiary/aromatic N) is 1. The van der Waals surface area contributed by atoms with Gasteiger partial charge in [0.1, 0.15) is 0 Å². The summed E-state index contributed by atoms with van der Waals surface area (Å²) in [7, 11) is 0. The van der Waals surface area contributed by atoms with Gasteiger partial charge in [-0.1, -0.05) is 76.2 Å². The number of hydrogen-bond donors (Lipinski definition) is 4. The molecule has 8 heteroatoms. The minimum absolute atomic E-state index is 0.0244. The highest BCUT2D eigenvalue weighted by atomic mass is 16.3. The first-order chi connectivity index (χ1) is 19.6. The van der Waals surface area contributed by atoms with Gasteiger partial charge < -0.3 is 26.4 Å². The van der Waals surface area contributed by atoms with Gasteiger partial charge >= 0.3 is 0 Å². The second kappa shape index (κ2) is 18.3. The van der Waals surface area contributed by atoms with Crippen molar-refractivity contribution in [3.63, 3.8) is 0 Å². The van der Waals surface area contributed by atoms with Crippen LogP contribution < -0.4 is 16.4 Å². The number of hydrogen-bond acceptors (Lipinski definition) is 5. The van der Waals surface area contributed by atoms with Gasteiger partial charge in [0, 0.05) is 19.6 Å². The lowest BCUT2D eigenvalue weighted by molar-refractivity contribution is -0.130. The van der Waals surface area contributed by atoms with E-state index < -0.39 is 18.1 Å². The standard InChI is InChI=1S/C33H50N4O4/c1-5-14-37(15-6-2)33(41)22-28-17-26(20-31(34)39)16-27(18-28)21-32(40)36-29(19-25-10-8-7-9-11-25)30(38)23-35-13-12-24(3)4/h7-11,16-18,24,29-30,35,38H,5-6,12-15,19-23H2,1-4H3,(H2,34,39)(H,36,40)/t29-,30+/m0/s1. The summed E-state index contributed by atoms with van der Waals surface area (Å²) < 4.78 is 0.